The van der Waals surface area contributed by atoms with Gasteiger partial charge in [-0.05, 0) is 12.5 Å². The van der Waals surface area contributed by atoms with Crippen LogP contribution in [0.2, 0.25) is 0 Å². The molecule has 0 saturated carbocycles. The van der Waals surface area contributed by atoms with Crippen LogP contribution >= 0.6 is 0 Å². The van der Waals surface area contributed by atoms with Crippen molar-refractivity contribution >= 4 is 0 Å². The van der Waals surface area contributed by atoms with Crippen molar-refractivity contribution in [1.29, 1.82) is 0 Å². The van der Waals surface area contributed by atoms with Gasteiger partial charge in [0.25, 0.3) is 0 Å². The summed E-state index contributed by atoms with van der Waals surface area (Å²) >= 11 is 0. The first-order valence-electron chi connectivity index (χ1n) is 3.91. The summed E-state index contributed by atoms with van der Waals surface area (Å²) in [6.45, 7) is 1.87. The summed E-state index contributed by atoms with van der Waals surface area (Å²) in [6.07, 6.45) is -0.216. The molecule has 1 rings (SSSR count). The Morgan fingerprint density at radius 1 is 1.25 bits per heavy atom. The highest BCUT2D eigenvalue weighted by Gasteiger charge is 2.14. The minimum Gasteiger partial charge on any atom is -0.325 e. The molecule has 0 aliphatic rings. The number of benzene rings is 1. The number of hydrogen-bond acceptors (Lipinski definition) is 3. The average molecular weight is 166 g/mol. The van der Waals surface area contributed by atoms with Crippen molar-refractivity contribution < 1.29 is 4.84 Å². The Balaban J connectivity index is 2.80. The maximum atomic E-state index is 5.67. The first-order valence-corrected chi connectivity index (χ1v) is 3.91. The highest BCUT2D eigenvalue weighted by Crippen LogP contribution is 2.17. The predicted octanol–water partition coefficient (Wildman–Crippen LogP) is 0.965. The van der Waals surface area contributed by atoms with Crippen molar-refractivity contribution in [2.24, 2.45) is 11.6 Å². The second-order valence-electron chi connectivity index (χ2n) is 2.83. The van der Waals surface area contributed by atoms with Gasteiger partial charge in [-0.2, -0.15) is 0 Å². The molecule has 66 valence electrons. The van der Waals surface area contributed by atoms with Crippen LogP contribution in [0.3, 0.4) is 0 Å². The minimum absolute atomic E-state index is 0.0996. The predicted molar refractivity (Wildman–Crippen MR) is 48.1 cm³/mol. The molecule has 0 aliphatic carbocycles. The van der Waals surface area contributed by atoms with Gasteiger partial charge >= 0.3 is 0 Å². The van der Waals surface area contributed by atoms with Gasteiger partial charge in [-0.3, -0.25) is 4.84 Å². The number of hydrogen-bond donors (Lipinski definition) is 2. The zero-order valence-electron chi connectivity index (χ0n) is 7.10. The molecule has 3 heteroatoms. The van der Waals surface area contributed by atoms with Crippen molar-refractivity contribution in [2.75, 3.05) is 0 Å². The molecule has 0 aliphatic heterocycles. The molecule has 4 N–H and O–H groups in total. The lowest BCUT2D eigenvalue weighted by Gasteiger charge is -2.18. The number of rotatable bonds is 3. The summed E-state index contributed by atoms with van der Waals surface area (Å²) in [7, 11) is 0. The van der Waals surface area contributed by atoms with Crippen molar-refractivity contribution in [3.05, 3.63) is 35.9 Å². The van der Waals surface area contributed by atoms with Crippen LogP contribution in [0.5, 0.6) is 0 Å². The lowest BCUT2D eigenvalue weighted by molar-refractivity contribution is 0.0380. The molecule has 2 unspecified atom stereocenters. The quantitative estimate of drug-likeness (QED) is 0.657. The molecular weight excluding hydrogens is 152 g/mol. The van der Waals surface area contributed by atoms with Crippen LogP contribution in [-0.2, 0) is 4.84 Å². The molecule has 0 amide bonds. The molecule has 3 nitrogen and oxygen atoms in total. The van der Waals surface area contributed by atoms with Gasteiger partial charge < -0.3 is 5.73 Å². The Bertz CT molecular complexity index is 223. The van der Waals surface area contributed by atoms with Gasteiger partial charge in [0, 0.05) is 6.04 Å². The van der Waals surface area contributed by atoms with E-state index in [2.05, 4.69) is 0 Å². The fourth-order valence-corrected chi connectivity index (χ4v) is 1.15. The van der Waals surface area contributed by atoms with Gasteiger partial charge in [0.05, 0.1) is 0 Å². The Hall–Kier alpha value is -0.900. The van der Waals surface area contributed by atoms with Gasteiger partial charge in [0.15, 0.2) is 0 Å². The van der Waals surface area contributed by atoms with Crippen LogP contribution in [0.15, 0.2) is 30.3 Å². The summed E-state index contributed by atoms with van der Waals surface area (Å²) in [5.41, 5.74) is 6.68. The molecule has 0 heterocycles. The van der Waals surface area contributed by atoms with Crippen LogP contribution in [0.25, 0.3) is 0 Å². The largest absolute Gasteiger partial charge is 0.325 e. The number of nitrogens with two attached hydrogens (primary N) is 2. The monoisotopic (exact) mass is 166 g/mol. The van der Waals surface area contributed by atoms with Gasteiger partial charge in [-0.1, -0.05) is 30.3 Å². The van der Waals surface area contributed by atoms with E-state index >= 15 is 0 Å². The standard InChI is InChI=1S/C9H14N2O/c1-7(10)9(12-11)8-5-3-2-4-6-8/h2-7,9H,10-11H2,1H3. The van der Waals surface area contributed by atoms with Crippen LogP contribution in [0.1, 0.15) is 18.6 Å². The molecule has 1 aromatic rings. The lowest BCUT2D eigenvalue weighted by Crippen LogP contribution is -2.28. The summed E-state index contributed by atoms with van der Waals surface area (Å²) in [5, 5.41) is 0. The van der Waals surface area contributed by atoms with E-state index in [4.69, 9.17) is 16.5 Å². The second kappa shape index (κ2) is 4.21. The van der Waals surface area contributed by atoms with E-state index in [1.807, 2.05) is 37.3 Å². The fraction of sp³-hybridized carbons (Fsp3) is 0.333. The minimum atomic E-state index is -0.216. The van der Waals surface area contributed by atoms with Crippen molar-refractivity contribution in [3.63, 3.8) is 0 Å². The van der Waals surface area contributed by atoms with Crippen molar-refractivity contribution in [3.8, 4) is 0 Å². The molecule has 12 heavy (non-hydrogen) atoms. The molecule has 0 saturated heterocycles. The molecular formula is C9H14N2O. The van der Waals surface area contributed by atoms with Gasteiger partial charge in [0.1, 0.15) is 6.10 Å². The maximum Gasteiger partial charge on any atom is 0.118 e. The molecule has 0 bridgehead atoms. The molecule has 1 aromatic carbocycles. The Labute approximate surface area is 72.3 Å². The summed E-state index contributed by atoms with van der Waals surface area (Å²) in [4.78, 5) is 4.77. The highest BCUT2D eigenvalue weighted by atomic mass is 16.6. The Morgan fingerprint density at radius 2 is 1.83 bits per heavy atom. The Morgan fingerprint density at radius 3 is 2.25 bits per heavy atom. The highest BCUT2D eigenvalue weighted by molar-refractivity contribution is 5.18. The van der Waals surface area contributed by atoms with E-state index in [9.17, 15) is 0 Å². The van der Waals surface area contributed by atoms with Crippen LogP contribution in [0.4, 0.5) is 0 Å². The lowest BCUT2D eigenvalue weighted by atomic mass is 10.0. The first-order chi connectivity index (χ1) is 5.75. The molecule has 0 aromatic heterocycles. The third-order valence-corrected chi connectivity index (χ3v) is 1.75. The summed E-state index contributed by atoms with van der Waals surface area (Å²) in [5.74, 6) is 5.13. The third-order valence-electron chi connectivity index (χ3n) is 1.75. The topological polar surface area (TPSA) is 61.3 Å². The fourth-order valence-electron chi connectivity index (χ4n) is 1.15. The summed E-state index contributed by atoms with van der Waals surface area (Å²) in [6, 6.07) is 9.60. The zero-order chi connectivity index (χ0) is 8.97. The van der Waals surface area contributed by atoms with Gasteiger partial charge in [0.2, 0.25) is 0 Å². The van der Waals surface area contributed by atoms with E-state index in [-0.39, 0.29) is 12.1 Å². The third kappa shape index (κ3) is 2.04. The van der Waals surface area contributed by atoms with E-state index < -0.39 is 0 Å². The van der Waals surface area contributed by atoms with E-state index in [1.54, 1.807) is 0 Å². The van der Waals surface area contributed by atoms with Crippen LogP contribution < -0.4 is 11.6 Å². The maximum absolute atomic E-state index is 5.67. The summed E-state index contributed by atoms with van der Waals surface area (Å²) < 4.78 is 0. The molecule has 0 radical (unpaired) electrons. The molecule has 0 spiro atoms. The molecule has 0 fully saturated rings. The Kier molecular flexibility index (Phi) is 3.22. The van der Waals surface area contributed by atoms with E-state index in [0.717, 1.165) is 5.56 Å². The van der Waals surface area contributed by atoms with Crippen molar-refractivity contribution in [2.45, 2.75) is 19.1 Å². The van der Waals surface area contributed by atoms with Crippen molar-refractivity contribution in [1.82, 2.24) is 0 Å². The normalized spacial score (nSPS) is 15.6. The van der Waals surface area contributed by atoms with Crippen LogP contribution in [0, 0.1) is 0 Å². The zero-order valence-corrected chi connectivity index (χ0v) is 7.10. The molecule has 2 atom stereocenters. The van der Waals surface area contributed by atoms with Gasteiger partial charge in [-0.25, -0.2) is 5.90 Å². The SMILES string of the molecule is CC(N)C(ON)c1ccccc1. The second-order valence-corrected chi connectivity index (χ2v) is 2.83. The van der Waals surface area contributed by atoms with E-state index in [1.165, 1.54) is 0 Å². The van der Waals surface area contributed by atoms with Gasteiger partial charge in [-0.15, -0.1) is 0 Å². The smallest absolute Gasteiger partial charge is 0.118 e. The average Bonchev–Trinajstić information content (AvgIpc) is 2.07. The first kappa shape index (κ1) is 9.19. The van der Waals surface area contributed by atoms with E-state index in [0.29, 0.717) is 0 Å². The van der Waals surface area contributed by atoms with Crippen LogP contribution in [-0.4, -0.2) is 6.04 Å².